The summed E-state index contributed by atoms with van der Waals surface area (Å²) < 4.78 is 28.5. The SMILES string of the molecule is O=C(NCc1ccc2c(c1)CCN2c1ccccc1F)c1cc2[nH]c(=O)[nH]c2cc1F. The van der Waals surface area contributed by atoms with E-state index >= 15 is 0 Å². The van der Waals surface area contributed by atoms with Gasteiger partial charge in [-0.2, -0.15) is 0 Å². The molecule has 0 saturated heterocycles. The van der Waals surface area contributed by atoms with Gasteiger partial charge in [0.15, 0.2) is 0 Å². The van der Waals surface area contributed by atoms with E-state index in [9.17, 15) is 18.4 Å². The van der Waals surface area contributed by atoms with Gasteiger partial charge in [-0.1, -0.05) is 24.3 Å². The Balaban J connectivity index is 1.33. The predicted octanol–water partition coefficient (Wildman–Crippen LogP) is 3.76. The van der Waals surface area contributed by atoms with Crippen molar-refractivity contribution in [3.63, 3.8) is 0 Å². The molecule has 2 heterocycles. The first-order valence-corrected chi connectivity index (χ1v) is 9.83. The highest BCUT2D eigenvalue weighted by Gasteiger charge is 2.23. The molecule has 3 aromatic carbocycles. The number of fused-ring (bicyclic) bond motifs is 2. The number of nitrogens with zero attached hydrogens (tertiary/aromatic N) is 1. The van der Waals surface area contributed by atoms with Gasteiger partial charge in [-0.25, -0.2) is 13.6 Å². The molecular weight excluding hydrogens is 402 g/mol. The second-order valence-electron chi connectivity index (χ2n) is 7.46. The van der Waals surface area contributed by atoms with Crippen molar-refractivity contribution in [3.8, 4) is 0 Å². The van der Waals surface area contributed by atoms with Gasteiger partial charge in [-0.05, 0) is 41.8 Å². The summed E-state index contributed by atoms with van der Waals surface area (Å²) in [5, 5.41) is 2.72. The standard InChI is InChI=1S/C23H18F2N4O2/c24-16-3-1-2-4-21(16)29-8-7-14-9-13(5-6-20(14)29)12-26-22(30)15-10-18-19(11-17(15)25)28-23(31)27-18/h1-6,9-11H,7-8,12H2,(H,26,30)(H2,27,28,31). The zero-order valence-corrected chi connectivity index (χ0v) is 16.3. The normalized spacial score (nSPS) is 12.9. The van der Waals surface area contributed by atoms with Gasteiger partial charge in [-0.15, -0.1) is 0 Å². The Labute approximate surface area is 175 Å². The Morgan fingerprint density at radius 1 is 0.968 bits per heavy atom. The van der Waals surface area contributed by atoms with Crippen LogP contribution in [0.3, 0.4) is 0 Å². The molecule has 5 rings (SSSR count). The van der Waals surface area contributed by atoms with Gasteiger partial charge < -0.3 is 20.2 Å². The van der Waals surface area contributed by atoms with Gasteiger partial charge in [0.05, 0.1) is 22.3 Å². The predicted molar refractivity (Wildman–Crippen MR) is 114 cm³/mol. The number of nitrogens with one attached hydrogen (secondary N) is 3. The van der Waals surface area contributed by atoms with Crippen LogP contribution in [0.2, 0.25) is 0 Å². The first-order chi connectivity index (χ1) is 15.0. The molecule has 6 nitrogen and oxygen atoms in total. The number of aromatic amines is 2. The number of carbonyl (C=O) groups is 1. The molecule has 0 unspecified atom stereocenters. The molecule has 156 valence electrons. The lowest BCUT2D eigenvalue weighted by Gasteiger charge is -2.20. The van der Waals surface area contributed by atoms with E-state index in [0.717, 1.165) is 29.3 Å². The van der Waals surface area contributed by atoms with Gasteiger partial charge in [0.25, 0.3) is 5.91 Å². The van der Waals surface area contributed by atoms with Crippen molar-refractivity contribution in [1.29, 1.82) is 0 Å². The largest absolute Gasteiger partial charge is 0.348 e. The first-order valence-electron chi connectivity index (χ1n) is 9.83. The monoisotopic (exact) mass is 420 g/mol. The summed E-state index contributed by atoms with van der Waals surface area (Å²) in [6.07, 6.45) is 0.762. The molecule has 1 aliphatic heterocycles. The van der Waals surface area contributed by atoms with Crippen LogP contribution >= 0.6 is 0 Å². The van der Waals surface area contributed by atoms with E-state index in [1.54, 1.807) is 18.2 Å². The summed E-state index contributed by atoms with van der Waals surface area (Å²) >= 11 is 0. The quantitative estimate of drug-likeness (QED) is 0.470. The average molecular weight is 420 g/mol. The number of benzene rings is 3. The molecule has 3 N–H and O–H groups in total. The smallest absolute Gasteiger partial charge is 0.323 e. The molecule has 1 aromatic heterocycles. The van der Waals surface area contributed by atoms with Crippen LogP contribution in [0.1, 0.15) is 21.5 Å². The Bertz CT molecular complexity index is 1380. The number of hydrogen-bond donors (Lipinski definition) is 3. The molecule has 0 atom stereocenters. The van der Waals surface area contributed by atoms with Crippen molar-refractivity contribution >= 4 is 28.3 Å². The number of hydrogen-bond acceptors (Lipinski definition) is 3. The molecule has 0 saturated carbocycles. The Morgan fingerprint density at radius 2 is 1.74 bits per heavy atom. The van der Waals surface area contributed by atoms with Gasteiger partial charge in [0.1, 0.15) is 11.6 Å². The fourth-order valence-corrected chi connectivity index (χ4v) is 3.99. The van der Waals surface area contributed by atoms with Crippen molar-refractivity contribution in [1.82, 2.24) is 15.3 Å². The molecule has 0 radical (unpaired) electrons. The van der Waals surface area contributed by atoms with Crippen LogP contribution in [0.4, 0.5) is 20.2 Å². The molecule has 1 aliphatic rings. The van der Waals surface area contributed by atoms with Crippen LogP contribution < -0.4 is 15.9 Å². The van der Waals surface area contributed by atoms with Crippen LogP contribution in [0.25, 0.3) is 11.0 Å². The van der Waals surface area contributed by atoms with Gasteiger partial charge >= 0.3 is 5.69 Å². The minimum atomic E-state index is -0.713. The fraction of sp³-hybridized carbons (Fsp3) is 0.130. The average Bonchev–Trinajstić information content (AvgIpc) is 3.33. The summed E-state index contributed by atoms with van der Waals surface area (Å²) in [6, 6.07) is 14.8. The topological polar surface area (TPSA) is 81.0 Å². The van der Waals surface area contributed by atoms with E-state index in [1.807, 2.05) is 23.1 Å². The van der Waals surface area contributed by atoms with E-state index in [2.05, 4.69) is 15.3 Å². The lowest BCUT2D eigenvalue weighted by atomic mass is 10.1. The van der Waals surface area contributed by atoms with Crippen LogP contribution in [0, 0.1) is 11.6 Å². The molecular formula is C23H18F2N4O2. The van der Waals surface area contributed by atoms with E-state index < -0.39 is 17.4 Å². The summed E-state index contributed by atoms with van der Waals surface area (Å²) in [5.74, 6) is -1.56. The van der Waals surface area contributed by atoms with Crippen molar-refractivity contribution in [2.45, 2.75) is 13.0 Å². The number of H-pyrrole nitrogens is 2. The van der Waals surface area contributed by atoms with Crippen molar-refractivity contribution in [2.24, 2.45) is 0 Å². The maximum Gasteiger partial charge on any atom is 0.323 e. The number of aromatic nitrogens is 2. The number of para-hydroxylation sites is 1. The molecule has 4 aromatic rings. The summed E-state index contributed by atoms with van der Waals surface area (Å²) in [5.41, 5.74) is 3.46. The lowest BCUT2D eigenvalue weighted by molar-refractivity contribution is 0.0947. The Kier molecular flexibility index (Phi) is 4.54. The molecule has 0 bridgehead atoms. The molecule has 8 heteroatoms. The fourth-order valence-electron chi connectivity index (χ4n) is 3.99. The number of imidazole rings is 1. The number of halogens is 2. The summed E-state index contributed by atoms with van der Waals surface area (Å²) in [7, 11) is 0. The highest BCUT2D eigenvalue weighted by atomic mass is 19.1. The molecule has 1 amide bonds. The van der Waals surface area contributed by atoms with E-state index in [-0.39, 0.29) is 17.9 Å². The first kappa shape index (κ1) is 19.0. The highest BCUT2D eigenvalue weighted by molar-refractivity contribution is 5.97. The van der Waals surface area contributed by atoms with Crippen LogP contribution in [-0.4, -0.2) is 22.4 Å². The van der Waals surface area contributed by atoms with Gasteiger partial charge in [0, 0.05) is 24.8 Å². The van der Waals surface area contributed by atoms with Crippen LogP contribution in [0.15, 0.2) is 59.4 Å². The lowest BCUT2D eigenvalue weighted by Crippen LogP contribution is -2.24. The second-order valence-corrected chi connectivity index (χ2v) is 7.46. The van der Waals surface area contributed by atoms with Crippen molar-refractivity contribution in [3.05, 3.63) is 93.4 Å². The number of amides is 1. The number of anilines is 2. The third-order valence-corrected chi connectivity index (χ3v) is 5.48. The van der Waals surface area contributed by atoms with Crippen molar-refractivity contribution in [2.75, 3.05) is 11.4 Å². The van der Waals surface area contributed by atoms with E-state index in [0.29, 0.717) is 23.3 Å². The Hall–Kier alpha value is -3.94. The maximum absolute atomic E-state index is 14.3. The maximum atomic E-state index is 14.3. The van der Waals surface area contributed by atoms with Gasteiger partial charge in [0.2, 0.25) is 0 Å². The number of carbonyl (C=O) groups excluding carboxylic acids is 1. The highest BCUT2D eigenvalue weighted by Crippen LogP contribution is 2.36. The van der Waals surface area contributed by atoms with E-state index in [1.165, 1.54) is 12.1 Å². The summed E-state index contributed by atoms with van der Waals surface area (Å²) in [6.45, 7) is 0.888. The Morgan fingerprint density at radius 3 is 2.55 bits per heavy atom. The minimum absolute atomic E-state index is 0.144. The molecule has 0 aliphatic carbocycles. The number of rotatable bonds is 4. The summed E-state index contributed by atoms with van der Waals surface area (Å²) in [4.78, 5) is 30.8. The van der Waals surface area contributed by atoms with Crippen LogP contribution in [0.5, 0.6) is 0 Å². The van der Waals surface area contributed by atoms with Crippen LogP contribution in [-0.2, 0) is 13.0 Å². The zero-order valence-electron chi connectivity index (χ0n) is 16.3. The van der Waals surface area contributed by atoms with E-state index in [4.69, 9.17) is 0 Å². The molecule has 0 spiro atoms. The zero-order chi connectivity index (χ0) is 21.5. The van der Waals surface area contributed by atoms with Gasteiger partial charge in [-0.3, -0.25) is 4.79 Å². The third kappa shape index (κ3) is 3.46. The molecule has 0 fully saturated rings. The minimum Gasteiger partial charge on any atom is -0.348 e. The third-order valence-electron chi connectivity index (χ3n) is 5.48. The molecule has 31 heavy (non-hydrogen) atoms. The van der Waals surface area contributed by atoms with Crippen molar-refractivity contribution < 1.29 is 13.6 Å². The second kappa shape index (κ2) is 7.39.